The van der Waals surface area contributed by atoms with E-state index in [1.165, 1.54) is 11.1 Å². The first kappa shape index (κ1) is 17.0. The van der Waals surface area contributed by atoms with Crippen LogP contribution in [0.25, 0.3) is 6.08 Å². The molecule has 4 N–H and O–H groups in total. The highest BCUT2D eigenvalue weighted by molar-refractivity contribution is 5.64. The molecule has 0 saturated heterocycles. The van der Waals surface area contributed by atoms with Crippen molar-refractivity contribution in [1.82, 2.24) is 0 Å². The molecule has 122 valence electrons. The second-order valence-corrected chi connectivity index (χ2v) is 7.21. The first-order chi connectivity index (χ1) is 10.3. The normalized spacial score (nSPS) is 24.5. The Kier molecular flexibility index (Phi) is 5.30. The van der Waals surface area contributed by atoms with E-state index >= 15 is 0 Å². The quantitative estimate of drug-likeness (QED) is 0.896. The van der Waals surface area contributed by atoms with Crippen molar-refractivity contribution < 1.29 is 4.74 Å². The Balaban J connectivity index is 2.46. The summed E-state index contributed by atoms with van der Waals surface area (Å²) < 4.78 is 5.98. The van der Waals surface area contributed by atoms with Gasteiger partial charge in [0.15, 0.2) is 0 Å². The zero-order valence-corrected chi connectivity index (χ0v) is 14.4. The Hall–Kier alpha value is -1.32. The minimum absolute atomic E-state index is 0.0403. The first-order valence-electron chi connectivity index (χ1n) is 8.32. The van der Waals surface area contributed by atoms with Gasteiger partial charge in [-0.05, 0) is 31.6 Å². The molecule has 2 rings (SSSR count). The zero-order valence-electron chi connectivity index (χ0n) is 14.4. The number of hydrogen-bond donors (Lipinski definition) is 2. The van der Waals surface area contributed by atoms with Crippen LogP contribution < -0.4 is 16.2 Å². The molecule has 0 heterocycles. The lowest BCUT2D eigenvalue weighted by molar-refractivity contribution is 0.329. The van der Waals surface area contributed by atoms with Gasteiger partial charge in [-0.1, -0.05) is 50.6 Å². The van der Waals surface area contributed by atoms with Crippen LogP contribution in [0.3, 0.4) is 0 Å². The predicted octanol–water partition coefficient (Wildman–Crippen LogP) is 3.60. The van der Waals surface area contributed by atoms with Crippen LogP contribution in [0.2, 0.25) is 0 Å². The molecule has 1 aromatic carbocycles. The van der Waals surface area contributed by atoms with Crippen LogP contribution in [-0.2, 0) is 5.41 Å². The molecular weight excluding hydrogens is 272 g/mol. The first-order valence-corrected chi connectivity index (χ1v) is 8.32. The summed E-state index contributed by atoms with van der Waals surface area (Å²) >= 11 is 0. The fourth-order valence-corrected chi connectivity index (χ4v) is 3.10. The molecule has 22 heavy (non-hydrogen) atoms. The number of benzene rings is 1. The molecule has 1 aliphatic rings. The molecule has 0 aliphatic heterocycles. The molecule has 1 fully saturated rings. The van der Waals surface area contributed by atoms with Crippen LogP contribution in [0.4, 0.5) is 0 Å². The Morgan fingerprint density at radius 1 is 1.27 bits per heavy atom. The van der Waals surface area contributed by atoms with E-state index in [0.717, 1.165) is 30.6 Å². The van der Waals surface area contributed by atoms with Crippen LogP contribution in [0.5, 0.6) is 5.75 Å². The largest absolute Gasteiger partial charge is 0.493 e. The van der Waals surface area contributed by atoms with Crippen molar-refractivity contribution in [2.24, 2.45) is 11.5 Å². The average Bonchev–Trinajstić information content (AvgIpc) is 2.44. The fraction of sp³-hybridized carbons (Fsp3) is 0.579. The molecule has 0 radical (unpaired) electrons. The second-order valence-electron chi connectivity index (χ2n) is 7.21. The van der Waals surface area contributed by atoms with Gasteiger partial charge in [-0.25, -0.2) is 0 Å². The molecule has 0 aromatic heterocycles. The minimum atomic E-state index is -0.0403. The maximum absolute atomic E-state index is 6.28. The van der Waals surface area contributed by atoms with Gasteiger partial charge in [-0.3, -0.25) is 0 Å². The van der Waals surface area contributed by atoms with Crippen LogP contribution >= 0.6 is 0 Å². The van der Waals surface area contributed by atoms with Gasteiger partial charge in [-0.2, -0.15) is 0 Å². The third kappa shape index (κ3) is 3.71. The predicted molar refractivity (Wildman–Crippen MR) is 94.1 cm³/mol. The van der Waals surface area contributed by atoms with Crippen molar-refractivity contribution in [3.63, 3.8) is 0 Å². The summed E-state index contributed by atoms with van der Waals surface area (Å²) in [6, 6.07) is 6.39. The van der Waals surface area contributed by atoms with Gasteiger partial charge < -0.3 is 16.2 Å². The summed E-state index contributed by atoms with van der Waals surface area (Å²) in [5, 5.41) is 0. The van der Waals surface area contributed by atoms with E-state index in [-0.39, 0.29) is 17.5 Å². The molecule has 2 atom stereocenters. The molecule has 1 aliphatic carbocycles. The van der Waals surface area contributed by atoms with Crippen LogP contribution in [-0.4, -0.2) is 18.7 Å². The molecule has 0 spiro atoms. The molecule has 3 nitrogen and oxygen atoms in total. The van der Waals surface area contributed by atoms with E-state index in [1.54, 1.807) is 0 Å². The monoisotopic (exact) mass is 302 g/mol. The van der Waals surface area contributed by atoms with E-state index in [9.17, 15) is 0 Å². The maximum atomic E-state index is 6.28. The van der Waals surface area contributed by atoms with E-state index < -0.39 is 0 Å². The second kappa shape index (κ2) is 6.84. The van der Waals surface area contributed by atoms with Crippen molar-refractivity contribution in [2.75, 3.05) is 6.61 Å². The van der Waals surface area contributed by atoms with Gasteiger partial charge in [0.1, 0.15) is 5.75 Å². The summed E-state index contributed by atoms with van der Waals surface area (Å²) in [5.41, 5.74) is 16.0. The zero-order chi connectivity index (χ0) is 16.3. The molecule has 0 amide bonds. The van der Waals surface area contributed by atoms with Gasteiger partial charge in [0.2, 0.25) is 0 Å². The molecule has 2 unspecified atom stereocenters. The molecular formula is C19H30N2O. The lowest BCUT2D eigenvalue weighted by atomic mass is 9.83. The van der Waals surface area contributed by atoms with Crippen molar-refractivity contribution in [2.45, 2.75) is 64.5 Å². The lowest BCUT2D eigenvalue weighted by Crippen LogP contribution is -2.45. The Labute approximate surface area is 134 Å². The van der Waals surface area contributed by atoms with Gasteiger partial charge in [0.05, 0.1) is 6.61 Å². The van der Waals surface area contributed by atoms with Crippen molar-refractivity contribution in [1.29, 1.82) is 0 Å². The van der Waals surface area contributed by atoms with Crippen molar-refractivity contribution in [3.8, 4) is 5.75 Å². The van der Waals surface area contributed by atoms with E-state index in [4.69, 9.17) is 16.2 Å². The summed E-state index contributed by atoms with van der Waals surface area (Å²) in [7, 11) is 0. The third-order valence-electron chi connectivity index (χ3n) is 4.38. The summed E-state index contributed by atoms with van der Waals surface area (Å²) in [6.07, 6.45) is 5.35. The number of ether oxygens (including phenoxy) is 1. The standard InChI is InChI=1S/C19H30N2O/c1-5-22-18-14(9-6-10-15(18)19(2,3)4)12-13-8-7-11-16(20)17(13)21/h6,9-10,12,16-17H,5,7-8,11,20-21H2,1-4H3. The van der Waals surface area contributed by atoms with Gasteiger partial charge in [0, 0.05) is 23.2 Å². The number of hydrogen-bond acceptors (Lipinski definition) is 3. The molecule has 3 heteroatoms. The third-order valence-corrected chi connectivity index (χ3v) is 4.38. The van der Waals surface area contributed by atoms with Crippen LogP contribution in [0.1, 0.15) is 58.1 Å². The van der Waals surface area contributed by atoms with Gasteiger partial charge in [-0.15, -0.1) is 0 Å². The maximum Gasteiger partial charge on any atom is 0.130 e. The molecule has 1 saturated carbocycles. The Morgan fingerprint density at radius 3 is 2.64 bits per heavy atom. The van der Waals surface area contributed by atoms with Crippen molar-refractivity contribution >= 4 is 6.08 Å². The Bertz CT molecular complexity index is 543. The lowest BCUT2D eigenvalue weighted by Gasteiger charge is -2.29. The Morgan fingerprint density at radius 2 is 2.00 bits per heavy atom. The van der Waals surface area contributed by atoms with Gasteiger partial charge >= 0.3 is 0 Å². The topological polar surface area (TPSA) is 61.3 Å². The highest BCUT2D eigenvalue weighted by Crippen LogP contribution is 2.36. The number of para-hydroxylation sites is 1. The van der Waals surface area contributed by atoms with E-state index in [2.05, 4.69) is 45.0 Å². The number of rotatable bonds is 3. The van der Waals surface area contributed by atoms with Gasteiger partial charge in [0.25, 0.3) is 0 Å². The summed E-state index contributed by atoms with van der Waals surface area (Å²) in [5.74, 6) is 0.983. The van der Waals surface area contributed by atoms with Crippen LogP contribution in [0.15, 0.2) is 23.8 Å². The fourth-order valence-electron chi connectivity index (χ4n) is 3.10. The SMILES string of the molecule is CCOc1c(C=C2CCCC(N)C2N)cccc1C(C)(C)C. The van der Waals surface area contributed by atoms with Crippen LogP contribution in [0, 0.1) is 0 Å². The van der Waals surface area contributed by atoms with Crippen molar-refractivity contribution in [3.05, 3.63) is 34.9 Å². The van der Waals surface area contributed by atoms with E-state index in [0.29, 0.717) is 6.61 Å². The average molecular weight is 302 g/mol. The highest BCUT2D eigenvalue weighted by Gasteiger charge is 2.24. The number of nitrogens with two attached hydrogens (primary N) is 2. The molecule has 0 bridgehead atoms. The van der Waals surface area contributed by atoms with E-state index in [1.807, 2.05) is 6.92 Å². The summed E-state index contributed by atoms with van der Waals surface area (Å²) in [6.45, 7) is 9.32. The molecule has 1 aromatic rings. The minimum Gasteiger partial charge on any atom is -0.493 e. The summed E-state index contributed by atoms with van der Waals surface area (Å²) in [4.78, 5) is 0. The smallest absolute Gasteiger partial charge is 0.130 e. The highest BCUT2D eigenvalue weighted by atomic mass is 16.5.